The average Bonchev–Trinajstić information content (AvgIpc) is 2.32. The molecule has 1 aromatic heterocycles. The van der Waals surface area contributed by atoms with E-state index in [2.05, 4.69) is 37.9 Å². The van der Waals surface area contributed by atoms with Gasteiger partial charge in [0.15, 0.2) is 0 Å². The van der Waals surface area contributed by atoms with Crippen molar-refractivity contribution in [2.75, 3.05) is 12.4 Å². The van der Waals surface area contributed by atoms with Gasteiger partial charge in [-0.3, -0.25) is 0 Å². The van der Waals surface area contributed by atoms with Crippen molar-refractivity contribution in [2.24, 2.45) is 0 Å². The van der Waals surface area contributed by atoms with Gasteiger partial charge in [0.1, 0.15) is 12.1 Å². The summed E-state index contributed by atoms with van der Waals surface area (Å²) in [5, 5.41) is 3.17. The van der Waals surface area contributed by atoms with Crippen LogP contribution in [0.5, 0.6) is 5.88 Å². The SMILES string of the molecule is COc1cc(Nc2ccc(I)cc2)ncn1. The maximum absolute atomic E-state index is 5.02. The molecule has 0 saturated heterocycles. The summed E-state index contributed by atoms with van der Waals surface area (Å²) in [5.41, 5.74) is 0.987. The second-order valence-electron chi connectivity index (χ2n) is 3.08. The zero-order valence-electron chi connectivity index (χ0n) is 8.64. The van der Waals surface area contributed by atoms with E-state index in [0.29, 0.717) is 11.7 Å². The quantitative estimate of drug-likeness (QED) is 0.881. The number of ether oxygens (including phenoxy) is 1. The summed E-state index contributed by atoms with van der Waals surface area (Å²) in [4.78, 5) is 8.04. The van der Waals surface area contributed by atoms with Crippen LogP contribution < -0.4 is 10.1 Å². The summed E-state index contributed by atoms with van der Waals surface area (Å²) in [6.07, 6.45) is 1.47. The fourth-order valence-electron chi connectivity index (χ4n) is 1.20. The molecule has 1 N–H and O–H groups in total. The van der Waals surface area contributed by atoms with Gasteiger partial charge in [-0.15, -0.1) is 0 Å². The molecule has 0 spiro atoms. The lowest BCUT2D eigenvalue weighted by molar-refractivity contribution is 0.397. The van der Waals surface area contributed by atoms with Gasteiger partial charge >= 0.3 is 0 Å². The van der Waals surface area contributed by atoms with Crippen molar-refractivity contribution in [2.45, 2.75) is 0 Å². The smallest absolute Gasteiger partial charge is 0.218 e. The molecule has 0 amide bonds. The normalized spacial score (nSPS) is 9.88. The maximum atomic E-state index is 5.02. The Bertz CT molecular complexity index is 473. The van der Waals surface area contributed by atoms with Crippen molar-refractivity contribution in [1.29, 1.82) is 0 Å². The van der Waals surface area contributed by atoms with Gasteiger partial charge < -0.3 is 10.1 Å². The summed E-state index contributed by atoms with van der Waals surface area (Å²) in [6.45, 7) is 0. The molecule has 4 nitrogen and oxygen atoms in total. The van der Waals surface area contributed by atoms with Gasteiger partial charge in [0.05, 0.1) is 7.11 Å². The Morgan fingerprint density at radius 1 is 1.19 bits per heavy atom. The standard InChI is InChI=1S/C11H10IN3O/c1-16-11-6-10(13-7-14-11)15-9-4-2-8(12)3-5-9/h2-7H,1H3,(H,13,14,15). The summed E-state index contributed by atoms with van der Waals surface area (Å²) in [5.74, 6) is 1.26. The number of hydrogen-bond acceptors (Lipinski definition) is 4. The van der Waals surface area contributed by atoms with E-state index in [1.165, 1.54) is 9.90 Å². The summed E-state index contributed by atoms with van der Waals surface area (Å²) in [6, 6.07) is 9.80. The molecule has 1 heterocycles. The van der Waals surface area contributed by atoms with Crippen LogP contribution in [0.4, 0.5) is 11.5 Å². The Labute approximate surface area is 107 Å². The number of methoxy groups -OCH3 is 1. The second-order valence-corrected chi connectivity index (χ2v) is 4.32. The number of nitrogens with one attached hydrogen (secondary N) is 1. The Hall–Kier alpha value is -1.37. The van der Waals surface area contributed by atoms with E-state index < -0.39 is 0 Å². The number of nitrogens with zero attached hydrogens (tertiary/aromatic N) is 2. The molecule has 82 valence electrons. The fourth-order valence-corrected chi connectivity index (χ4v) is 1.56. The Balaban J connectivity index is 2.16. The summed E-state index contributed by atoms with van der Waals surface area (Å²) in [7, 11) is 1.58. The highest BCUT2D eigenvalue weighted by Crippen LogP contribution is 2.17. The zero-order chi connectivity index (χ0) is 11.4. The van der Waals surface area contributed by atoms with Crippen LogP contribution in [0, 0.1) is 3.57 Å². The second kappa shape index (κ2) is 5.11. The predicted molar refractivity (Wildman–Crippen MR) is 71.0 cm³/mol. The first kappa shape index (κ1) is 11.1. The van der Waals surface area contributed by atoms with Gasteiger partial charge in [-0.2, -0.15) is 0 Å². The third-order valence-corrected chi connectivity index (χ3v) is 2.69. The number of rotatable bonds is 3. The van der Waals surface area contributed by atoms with E-state index in [9.17, 15) is 0 Å². The van der Waals surface area contributed by atoms with E-state index >= 15 is 0 Å². The lowest BCUT2D eigenvalue weighted by Gasteiger charge is -2.06. The molecule has 1 aromatic carbocycles. The van der Waals surface area contributed by atoms with Crippen molar-refractivity contribution in [3.05, 3.63) is 40.2 Å². The molecule has 0 saturated carbocycles. The molecule has 0 aliphatic heterocycles. The van der Waals surface area contributed by atoms with E-state index in [1.807, 2.05) is 24.3 Å². The monoisotopic (exact) mass is 327 g/mol. The lowest BCUT2D eigenvalue weighted by Crippen LogP contribution is -1.95. The van der Waals surface area contributed by atoms with E-state index in [-0.39, 0.29) is 0 Å². The van der Waals surface area contributed by atoms with Crippen molar-refractivity contribution < 1.29 is 4.74 Å². The van der Waals surface area contributed by atoms with Gasteiger partial charge in [0, 0.05) is 15.3 Å². The third-order valence-electron chi connectivity index (χ3n) is 1.97. The van der Waals surface area contributed by atoms with Crippen molar-refractivity contribution in [3.63, 3.8) is 0 Å². The summed E-state index contributed by atoms with van der Waals surface area (Å²) >= 11 is 2.27. The molecule has 0 atom stereocenters. The van der Waals surface area contributed by atoms with Crippen LogP contribution in [-0.2, 0) is 0 Å². The van der Waals surface area contributed by atoms with Crippen LogP contribution >= 0.6 is 22.6 Å². The number of benzene rings is 1. The lowest BCUT2D eigenvalue weighted by atomic mass is 10.3. The molecule has 0 aliphatic carbocycles. The highest BCUT2D eigenvalue weighted by molar-refractivity contribution is 14.1. The van der Waals surface area contributed by atoms with Crippen LogP contribution in [0.15, 0.2) is 36.7 Å². The van der Waals surface area contributed by atoms with Crippen LogP contribution in [0.25, 0.3) is 0 Å². The van der Waals surface area contributed by atoms with E-state index in [0.717, 1.165) is 5.69 Å². The molecule has 0 unspecified atom stereocenters. The van der Waals surface area contributed by atoms with Crippen molar-refractivity contribution >= 4 is 34.1 Å². The Kier molecular flexibility index (Phi) is 3.55. The highest BCUT2D eigenvalue weighted by atomic mass is 127. The van der Waals surface area contributed by atoms with Crippen LogP contribution in [0.3, 0.4) is 0 Å². The topological polar surface area (TPSA) is 47.0 Å². The molecular formula is C11H10IN3O. The van der Waals surface area contributed by atoms with Crippen molar-refractivity contribution in [3.8, 4) is 5.88 Å². The first-order valence-corrected chi connectivity index (χ1v) is 5.74. The fraction of sp³-hybridized carbons (Fsp3) is 0.0909. The predicted octanol–water partition coefficient (Wildman–Crippen LogP) is 2.83. The minimum atomic E-state index is 0.544. The van der Waals surface area contributed by atoms with Gasteiger partial charge in [0.2, 0.25) is 5.88 Å². The largest absolute Gasteiger partial charge is 0.481 e. The molecule has 2 rings (SSSR count). The van der Waals surface area contributed by atoms with E-state index in [4.69, 9.17) is 4.74 Å². The number of halogens is 1. The van der Waals surface area contributed by atoms with Gasteiger partial charge in [-0.1, -0.05) is 0 Å². The van der Waals surface area contributed by atoms with Crippen molar-refractivity contribution in [1.82, 2.24) is 9.97 Å². The minimum Gasteiger partial charge on any atom is -0.481 e. The van der Waals surface area contributed by atoms with Gasteiger partial charge in [-0.05, 0) is 46.9 Å². The average molecular weight is 327 g/mol. The first-order valence-electron chi connectivity index (χ1n) is 4.66. The Morgan fingerprint density at radius 2 is 1.94 bits per heavy atom. The number of anilines is 2. The zero-order valence-corrected chi connectivity index (χ0v) is 10.8. The molecule has 0 radical (unpaired) electrons. The third kappa shape index (κ3) is 2.82. The Morgan fingerprint density at radius 3 is 2.62 bits per heavy atom. The molecular weight excluding hydrogens is 317 g/mol. The van der Waals surface area contributed by atoms with Gasteiger partial charge in [-0.25, -0.2) is 9.97 Å². The molecule has 0 aliphatic rings. The molecule has 16 heavy (non-hydrogen) atoms. The van der Waals surface area contributed by atoms with Crippen LogP contribution in [-0.4, -0.2) is 17.1 Å². The van der Waals surface area contributed by atoms with Gasteiger partial charge in [0.25, 0.3) is 0 Å². The minimum absolute atomic E-state index is 0.544. The number of hydrogen-bond donors (Lipinski definition) is 1. The maximum Gasteiger partial charge on any atom is 0.218 e. The van der Waals surface area contributed by atoms with E-state index in [1.54, 1.807) is 13.2 Å². The highest BCUT2D eigenvalue weighted by Gasteiger charge is 1.98. The first-order chi connectivity index (χ1) is 7.78. The summed E-state index contributed by atoms with van der Waals surface area (Å²) < 4.78 is 6.22. The molecule has 0 fully saturated rings. The molecule has 0 bridgehead atoms. The van der Waals surface area contributed by atoms with Crippen LogP contribution in [0.1, 0.15) is 0 Å². The molecule has 2 aromatic rings. The number of aromatic nitrogens is 2. The van der Waals surface area contributed by atoms with Crippen LogP contribution in [0.2, 0.25) is 0 Å². The molecule has 5 heteroatoms.